The van der Waals surface area contributed by atoms with Crippen molar-refractivity contribution in [3.8, 4) is 0 Å². The van der Waals surface area contributed by atoms with Gasteiger partial charge in [0.25, 0.3) is 0 Å². The Hall–Kier alpha value is 0.430. The fourth-order valence-electron chi connectivity index (χ4n) is 0.350. The van der Waals surface area contributed by atoms with Gasteiger partial charge in [0.05, 0.1) is 0 Å². The van der Waals surface area contributed by atoms with Crippen molar-refractivity contribution in [2.45, 2.75) is 0 Å². The maximum Gasteiger partial charge on any atom is -0.00645 e. The van der Waals surface area contributed by atoms with E-state index in [4.69, 9.17) is 0 Å². The molecule has 2 heteroatoms. The molecule has 0 aromatic heterocycles. The number of allylic oxidation sites excluding steroid dienone is 3. The third-order valence-electron chi connectivity index (χ3n) is 0.639. The zero-order valence-electron chi connectivity index (χ0n) is 3.67. The highest BCUT2D eigenvalue weighted by Crippen LogP contribution is 2.25. The largest absolute Gasteiger partial charge is 0.0990 e. The maximum absolute atomic E-state index is 2.39. The number of hydrogen-bond donors (Lipinski definition) is 0. The van der Waals surface area contributed by atoms with Gasteiger partial charge in [-0.3, -0.25) is 0 Å². The third kappa shape index (κ3) is 1.78. The SMILES string of the molecule is IS1=CC=CC=C1. The fraction of sp³-hybridized carbons (Fsp3) is 0. The summed E-state index contributed by atoms with van der Waals surface area (Å²) < 4.78 is 0. The lowest BCUT2D eigenvalue weighted by molar-refractivity contribution is 2.07. The first-order chi connectivity index (χ1) is 3.39. The van der Waals surface area contributed by atoms with Crippen LogP contribution in [0, 0.1) is 0 Å². The van der Waals surface area contributed by atoms with Crippen molar-refractivity contribution >= 4 is 34.2 Å². The van der Waals surface area contributed by atoms with Crippen LogP contribution in [0.5, 0.6) is 0 Å². The summed E-state index contributed by atoms with van der Waals surface area (Å²) >= 11 is 2.39. The van der Waals surface area contributed by atoms with Crippen LogP contribution < -0.4 is 0 Å². The van der Waals surface area contributed by atoms with Gasteiger partial charge >= 0.3 is 0 Å². The molecule has 0 aromatic carbocycles. The summed E-state index contributed by atoms with van der Waals surface area (Å²) in [5, 5.41) is 4.36. The van der Waals surface area contributed by atoms with Crippen LogP contribution in [0.1, 0.15) is 0 Å². The fourth-order valence-corrected chi connectivity index (χ4v) is 1.94. The minimum absolute atomic E-state index is 0.387. The van der Waals surface area contributed by atoms with E-state index >= 15 is 0 Å². The molecule has 0 amide bonds. The molecule has 7 heavy (non-hydrogen) atoms. The molecule has 0 aliphatic carbocycles. The number of hydrogen-bond acceptors (Lipinski definition) is 0. The molecule has 1 heterocycles. The predicted molar refractivity (Wildman–Crippen MR) is 46.0 cm³/mol. The summed E-state index contributed by atoms with van der Waals surface area (Å²) in [5.41, 5.74) is 0. The van der Waals surface area contributed by atoms with Gasteiger partial charge in [0.2, 0.25) is 0 Å². The Kier molecular flexibility index (Phi) is 2.12. The van der Waals surface area contributed by atoms with Crippen molar-refractivity contribution in [3.05, 3.63) is 23.6 Å². The maximum atomic E-state index is 2.39. The highest BCUT2D eigenvalue weighted by molar-refractivity contribution is 14.2. The monoisotopic (exact) mass is 224 g/mol. The molecule has 0 bridgehead atoms. The zero-order valence-corrected chi connectivity index (χ0v) is 6.65. The Balaban J connectivity index is 2.82. The van der Waals surface area contributed by atoms with Crippen molar-refractivity contribution in [1.82, 2.24) is 0 Å². The third-order valence-corrected chi connectivity index (χ3v) is 3.24. The van der Waals surface area contributed by atoms with E-state index in [1.54, 1.807) is 0 Å². The first-order valence-corrected chi connectivity index (χ1v) is 5.85. The number of rotatable bonds is 0. The topological polar surface area (TPSA) is 0 Å². The average Bonchev–Trinajstić information content (AvgIpc) is 1.69. The van der Waals surface area contributed by atoms with Crippen molar-refractivity contribution in [2.75, 3.05) is 0 Å². The van der Waals surface area contributed by atoms with Crippen LogP contribution in [0.2, 0.25) is 0 Å². The van der Waals surface area contributed by atoms with Gasteiger partial charge in [-0.2, -0.15) is 0 Å². The minimum Gasteiger partial charge on any atom is -0.0990 e. The first-order valence-electron chi connectivity index (χ1n) is 1.96. The van der Waals surface area contributed by atoms with Crippen molar-refractivity contribution in [3.63, 3.8) is 0 Å². The molecular weight excluding hydrogens is 219 g/mol. The van der Waals surface area contributed by atoms with Crippen LogP contribution in [0.4, 0.5) is 0 Å². The quantitative estimate of drug-likeness (QED) is 0.438. The van der Waals surface area contributed by atoms with Gasteiger partial charge in [-0.05, 0) is 32.0 Å². The van der Waals surface area contributed by atoms with E-state index in [-0.39, 0.29) is 0 Å². The van der Waals surface area contributed by atoms with E-state index in [0.717, 1.165) is 0 Å². The standard InChI is InChI=1S/C5H5IS/c6-7-4-2-1-3-5-7/h1-5H. The highest BCUT2D eigenvalue weighted by atomic mass is 127. The van der Waals surface area contributed by atoms with Crippen LogP contribution >= 0.6 is 28.9 Å². The summed E-state index contributed by atoms with van der Waals surface area (Å²) in [4.78, 5) is 0. The summed E-state index contributed by atoms with van der Waals surface area (Å²) in [6.07, 6.45) is 6.20. The molecule has 0 radical (unpaired) electrons. The Bertz CT molecular complexity index is 144. The second-order valence-corrected chi connectivity index (χ2v) is 5.39. The van der Waals surface area contributed by atoms with Crippen LogP contribution in [0.15, 0.2) is 23.6 Å². The van der Waals surface area contributed by atoms with Gasteiger partial charge in [-0.15, -0.1) is 0 Å². The lowest BCUT2D eigenvalue weighted by atomic mass is 10.5. The minimum atomic E-state index is 0.387. The smallest absolute Gasteiger partial charge is 0.00645 e. The molecule has 1 rings (SSSR count). The molecule has 38 valence electrons. The lowest BCUT2D eigenvalue weighted by Crippen LogP contribution is -1.63. The molecule has 0 N–H and O–H groups in total. The van der Waals surface area contributed by atoms with E-state index in [1.165, 1.54) is 0 Å². The molecule has 1 unspecified atom stereocenters. The Morgan fingerprint density at radius 2 is 2.00 bits per heavy atom. The predicted octanol–water partition coefficient (Wildman–Crippen LogP) is 2.49. The van der Waals surface area contributed by atoms with E-state index in [2.05, 4.69) is 44.1 Å². The number of halogens is 1. The summed E-state index contributed by atoms with van der Waals surface area (Å²) in [5.74, 6) is 0. The molecule has 0 saturated carbocycles. The molecule has 0 spiro atoms. The van der Waals surface area contributed by atoms with E-state index in [1.807, 2.05) is 6.08 Å². The van der Waals surface area contributed by atoms with E-state index in [9.17, 15) is 0 Å². The van der Waals surface area contributed by atoms with Crippen molar-refractivity contribution in [1.29, 1.82) is 0 Å². The lowest BCUT2D eigenvalue weighted by Gasteiger charge is -1.89. The molecule has 0 aromatic rings. The van der Waals surface area contributed by atoms with Crippen LogP contribution in [-0.4, -0.2) is 5.37 Å². The van der Waals surface area contributed by atoms with Crippen molar-refractivity contribution in [2.24, 2.45) is 0 Å². The van der Waals surface area contributed by atoms with Crippen LogP contribution in [0.25, 0.3) is 0 Å². The van der Waals surface area contributed by atoms with Gasteiger partial charge in [0.1, 0.15) is 0 Å². The molecule has 0 fully saturated rings. The molecule has 0 nitrogen and oxygen atoms in total. The highest BCUT2D eigenvalue weighted by Gasteiger charge is 1.78. The zero-order chi connectivity index (χ0) is 5.11. The summed E-state index contributed by atoms with van der Waals surface area (Å²) in [6.45, 7) is 0. The van der Waals surface area contributed by atoms with Crippen LogP contribution in [0.3, 0.4) is 0 Å². The van der Waals surface area contributed by atoms with Gasteiger partial charge in [0.15, 0.2) is 0 Å². The van der Waals surface area contributed by atoms with Gasteiger partial charge in [0, 0.05) is 0 Å². The summed E-state index contributed by atoms with van der Waals surface area (Å²) in [7, 11) is 0.387. The first kappa shape index (κ1) is 5.56. The molecular formula is C5H5IS. The molecule has 1 aliphatic heterocycles. The van der Waals surface area contributed by atoms with Crippen molar-refractivity contribution < 1.29 is 0 Å². The Labute approximate surface area is 57.8 Å². The Morgan fingerprint density at radius 1 is 1.14 bits per heavy atom. The summed E-state index contributed by atoms with van der Waals surface area (Å²) in [6, 6.07) is 0. The second-order valence-electron chi connectivity index (χ2n) is 1.16. The molecule has 1 atom stereocenters. The molecule has 1 aliphatic rings. The second kappa shape index (κ2) is 2.67. The van der Waals surface area contributed by atoms with Gasteiger partial charge in [-0.25, -0.2) is 0 Å². The average molecular weight is 224 g/mol. The van der Waals surface area contributed by atoms with E-state index in [0.29, 0.717) is 7.66 Å². The molecule has 0 saturated heterocycles. The normalized spacial score (nSPS) is 27.3. The van der Waals surface area contributed by atoms with Gasteiger partial charge in [-0.1, -0.05) is 25.9 Å². The Morgan fingerprint density at radius 3 is 2.29 bits per heavy atom. The van der Waals surface area contributed by atoms with Crippen LogP contribution in [-0.2, 0) is 0 Å². The van der Waals surface area contributed by atoms with Gasteiger partial charge < -0.3 is 0 Å². The van der Waals surface area contributed by atoms with E-state index < -0.39 is 0 Å².